The molecule has 0 fully saturated rings. The second-order valence-corrected chi connectivity index (χ2v) is 5.69. The first kappa shape index (κ1) is 14.5. The Morgan fingerprint density at radius 2 is 2.10 bits per heavy atom. The highest BCUT2D eigenvalue weighted by Crippen LogP contribution is 2.26. The minimum atomic E-state index is -0.0700. The number of carbonyl (C=O) groups is 1. The number of nitrogens with zero attached hydrogens (tertiary/aromatic N) is 2. The zero-order valence-corrected chi connectivity index (χ0v) is 12.8. The van der Waals surface area contributed by atoms with Gasteiger partial charge in [-0.15, -0.1) is 11.3 Å². The van der Waals surface area contributed by atoms with E-state index in [9.17, 15) is 4.79 Å². The van der Waals surface area contributed by atoms with Crippen LogP contribution in [-0.2, 0) is 6.42 Å². The molecule has 0 saturated carbocycles. The van der Waals surface area contributed by atoms with Gasteiger partial charge in [0.1, 0.15) is 5.01 Å². The van der Waals surface area contributed by atoms with Crippen molar-refractivity contribution in [2.45, 2.75) is 13.3 Å². The SMILES string of the molecule is Cc1ccccc1-c1nc(CCNC(=O)N(C)C)cs1. The number of nitrogens with one attached hydrogen (secondary N) is 1. The van der Waals surface area contributed by atoms with E-state index in [2.05, 4.69) is 34.7 Å². The van der Waals surface area contributed by atoms with Gasteiger partial charge in [0.05, 0.1) is 5.69 Å². The third kappa shape index (κ3) is 3.57. The summed E-state index contributed by atoms with van der Waals surface area (Å²) in [7, 11) is 3.46. The van der Waals surface area contributed by atoms with Gasteiger partial charge in [-0.2, -0.15) is 0 Å². The lowest BCUT2D eigenvalue weighted by molar-refractivity contribution is 0.217. The minimum absolute atomic E-state index is 0.0700. The Labute approximate surface area is 123 Å². The molecule has 0 spiro atoms. The van der Waals surface area contributed by atoms with Crippen LogP contribution in [0.3, 0.4) is 0 Å². The maximum Gasteiger partial charge on any atom is 0.316 e. The Hall–Kier alpha value is -1.88. The molecule has 1 aromatic carbocycles. The molecule has 0 aliphatic heterocycles. The van der Waals surface area contributed by atoms with E-state index < -0.39 is 0 Å². The summed E-state index contributed by atoms with van der Waals surface area (Å²) in [5.74, 6) is 0. The maximum absolute atomic E-state index is 11.4. The largest absolute Gasteiger partial charge is 0.338 e. The van der Waals surface area contributed by atoms with Crippen LogP contribution in [0.25, 0.3) is 10.6 Å². The molecule has 2 rings (SSSR count). The summed E-state index contributed by atoms with van der Waals surface area (Å²) in [5.41, 5.74) is 3.43. The molecule has 0 aliphatic carbocycles. The fourth-order valence-electron chi connectivity index (χ4n) is 1.81. The van der Waals surface area contributed by atoms with Crippen molar-refractivity contribution in [3.63, 3.8) is 0 Å². The highest BCUT2D eigenvalue weighted by atomic mass is 32.1. The topological polar surface area (TPSA) is 45.2 Å². The van der Waals surface area contributed by atoms with Gasteiger partial charge in [0.15, 0.2) is 0 Å². The molecule has 106 valence electrons. The Morgan fingerprint density at radius 1 is 1.35 bits per heavy atom. The highest BCUT2D eigenvalue weighted by molar-refractivity contribution is 7.13. The van der Waals surface area contributed by atoms with Gasteiger partial charge < -0.3 is 10.2 Å². The quantitative estimate of drug-likeness (QED) is 0.940. The van der Waals surface area contributed by atoms with Gasteiger partial charge in [-0.05, 0) is 12.5 Å². The molecular formula is C15H19N3OS. The van der Waals surface area contributed by atoms with Gasteiger partial charge >= 0.3 is 6.03 Å². The van der Waals surface area contributed by atoms with Crippen molar-refractivity contribution < 1.29 is 4.79 Å². The first-order chi connectivity index (χ1) is 9.58. The van der Waals surface area contributed by atoms with Crippen LogP contribution in [0.5, 0.6) is 0 Å². The lowest BCUT2D eigenvalue weighted by Crippen LogP contribution is -2.35. The van der Waals surface area contributed by atoms with Gasteiger partial charge in [0.2, 0.25) is 0 Å². The second kappa shape index (κ2) is 6.52. The fraction of sp³-hybridized carbons (Fsp3) is 0.333. The molecule has 1 aromatic heterocycles. The lowest BCUT2D eigenvalue weighted by Gasteiger charge is -2.10. The number of aryl methyl sites for hydroxylation is 1. The average molecular weight is 289 g/mol. The van der Waals surface area contributed by atoms with Crippen molar-refractivity contribution in [3.05, 3.63) is 40.9 Å². The summed E-state index contributed by atoms with van der Waals surface area (Å²) in [4.78, 5) is 17.6. The summed E-state index contributed by atoms with van der Waals surface area (Å²) in [6.45, 7) is 2.70. The van der Waals surface area contributed by atoms with E-state index in [1.807, 2.05) is 12.1 Å². The predicted molar refractivity (Wildman–Crippen MR) is 83.1 cm³/mol. The number of aromatic nitrogens is 1. The summed E-state index contributed by atoms with van der Waals surface area (Å²) >= 11 is 1.65. The number of thiazole rings is 1. The number of rotatable bonds is 4. The number of amides is 2. The normalized spacial score (nSPS) is 10.3. The third-order valence-electron chi connectivity index (χ3n) is 2.99. The van der Waals surface area contributed by atoms with E-state index in [0.717, 1.165) is 17.1 Å². The number of benzene rings is 1. The van der Waals surface area contributed by atoms with Gasteiger partial charge in [0, 0.05) is 38.0 Å². The fourth-order valence-corrected chi connectivity index (χ4v) is 2.76. The molecule has 1 N–H and O–H groups in total. The molecule has 0 bridgehead atoms. The van der Waals surface area contributed by atoms with Crippen molar-refractivity contribution in [2.24, 2.45) is 0 Å². The molecule has 1 heterocycles. The van der Waals surface area contributed by atoms with Gasteiger partial charge in [-0.25, -0.2) is 9.78 Å². The predicted octanol–water partition coefficient (Wildman–Crippen LogP) is 2.93. The highest BCUT2D eigenvalue weighted by Gasteiger charge is 2.07. The summed E-state index contributed by atoms with van der Waals surface area (Å²) < 4.78 is 0. The maximum atomic E-state index is 11.4. The van der Waals surface area contributed by atoms with E-state index >= 15 is 0 Å². The van der Waals surface area contributed by atoms with E-state index in [1.54, 1.807) is 25.4 Å². The molecule has 0 unspecified atom stereocenters. The molecule has 0 aliphatic rings. The van der Waals surface area contributed by atoms with Crippen LogP contribution < -0.4 is 5.32 Å². The zero-order chi connectivity index (χ0) is 14.5. The smallest absolute Gasteiger partial charge is 0.316 e. The molecule has 0 atom stereocenters. The average Bonchev–Trinajstić information content (AvgIpc) is 2.87. The first-order valence-corrected chi connectivity index (χ1v) is 7.41. The number of carbonyl (C=O) groups excluding carboxylic acids is 1. The molecule has 0 saturated heterocycles. The van der Waals surface area contributed by atoms with Crippen molar-refractivity contribution in [2.75, 3.05) is 20.6 Å². The molecule has 0 radical (unpaired) electrons. The van der Waals surface area contributed by atoms with Crippen LogP contribution >= 0.6 is 11.3 Å². The van der Waals surface area contributed by atoms with E-state index in [0.29, 0.717) is 6.54 Å². The van der Waals surface area contributed by atoms with Gasteiger partial charge in [0.25, 0.3) is 0 Å². The van der Waals surface area contributed by atoms with Crippen LogP contribution in [0.1, 0.15) is 11.3 Å². The van der Waals surface area contributed by atoms with Crippen molar-refractivity contribution >= 4 is 17.4 Å². The molecule has 4 nitrogen and oxygen atoms in total. The summed E-state index contributed by atoms with van der Waals surface area (Å²) in [6, 6.07) is 8.17. The summed E-state index contributed by atoms with van der Waals surface area (Å²) in [5, 5.41) is 5.94. The lowest BCUT2D eigenvalue weighted by atomic mass is 10.1. The Kier molecular flexibility index (Phi) is 4.74. The van der Waals surface area contributed by atoms with E-state index in [4.69, 9.17) is 0 Å². The van der Waals surface area contributed by atoms with Crippen LogP contribution in [0.4, 0.5) is 4.79 Å². The Balaban J connectivity index is 1.96. The molecule has 5 heteroatoms. The molecule has 20 heavy (non-hydrogen) atoms. The van der Waals surface area contributed by atoms with Crippen LogP contribution in [0.15, 0.2) is 29.6 Å². The monoisotopic (exact) mass is 289 g/mol. The standard InChI is InChI=1S/C15H19N3OS/c1-11-6-4-5-7-13(11)14-17-12(10-20-14)8-9-16-15(19)18(2)3/h4-7,10H,8-9H2,1-3H3,(H,16,19). The van der Waals surface area contributed by atoms with Gasteiger partial charge in [-0.1, -0.05) is 24.3 Å². The van der Waals surface area contributed by atoms with E-state index in [-0.39, 0.29) is 6.03 Å². The van der Waals surface area contributed by atoms with Crippen molar-refractivity contribution in [1.29, 1.82) is 0 Å². The van der Waals surface area contributed by atoms with Crippen LogP contribution in [-0.4, -0.2) is 36.6 Å². The van der Waals surface area contributed by atoms with Crippen molar-refractivity contribution in [3.8, 4) is 10.6 Å². The Bertz CT molecular complexity index is 592. The molecule has 2 amide bonds. The number of hydrogen-bond donors (Lipinski definition) is 1. The Morgan fingerprint density at radius 3 is 2.80 bits per heavy atom. The van der Waals surface area contributed by atoms with Crippen LogP contribution in [0, 0.1) is 6.92 Å². The molecular weight excluding hydrogens is 270 g/mol. The van der Waals surface area contributed by atoms with E-state index in [1.165, 1.54) is 16.0 Å². The minimum Gasteiger partial charge on any atom is -0.338 e. The number of hydrogen-bond acceptors (Lipinski definition) is 3. The van der Waals surface area contributed by atoms with Crippen LogP contribution in [0.2, 0.25) is 0 Å². The molecule has 2 aromatic rings. The first-order valence-electron chi connectivity index (χ1n) is 6.53. The second-order valence-electron chi connectivity index (χ2n) is 4.84. The zero-order valence-electron chi connectivity index (χ0n) is 12.0. The third-order valence-corrected chi connectivity index (χ3v) is 3.92. The van der Waals surface area contributed by atoms with Gasteiger partial charge in [-0.3, -0.25) is 0 Å². The number of urea groups is 1. The summed E-state index contributed by atoms with van der Waals surface area (Å²) in [6.07, 6.45) is 0.752. The van der Waals surface area contributed by atoms with Crippen molar-refractivity contribution in [1.82, 2.24) is 15.2 Å².